The summed E-state index contributed by atoms with van der Waals surface area (Å²) in [5.74, 6) is 1.55. The number of ether oxygens (including phenoxy) is 1. The molecule has 3 aromatic heterocycles. The average Bonchev–Trinajstić information content (AvgIpc) is 3.49. The van der Waals surface area contributed by atoms with Gasteiger partial charge in [-0.1, -0.05) is 50.2 Å². The molecule has 0 radical (unpaired) electrons. The van der Waals surface area contributed by atoms with Gasteiger partial charge in [-0.05, 0) is 35.2 Å². The predicted octanol–water partition coefficient (Wildman–Crippen LogP) is 6.69. The maximum absolute atomic E-state index is 5.75. The summed E-state index contributed by atoms with van der Waals surface area (Å²) in [5, 5.41) is 6.42. The Morgan fingerprint density at radius 2 is 1.68 bits per heavy atom. The predicted molar refractivity (Wildman–Crippen MR) is 125 cm³/mol. The first-order valence-corrected chi connectivity index (χ1v) is 11.0. The van der Waals surface area contributed by atoms with Gasteiger partial charge in [0.15, 0.2) is 10.7 Å². The molecule has 0 atom stereocenters. The molecule has 31 heavy (non-hydrogen) atoms. The smallest absolute Gasteiger partial charge is 0.194 e. The van der Waals surface area contributed by atoms with Gasteiger partial charge < -0.3 is 9.26 Å². The van der Waals surface area contributed by atoms with Crippen LogP contribution in [0, 0.1) is 0 Å². The standard InChI is InChI=1S/C25H23N3O2S/c1-25(2,3)18-9-5-16(6-10-18)21-15-20(27-30-21)23-22(26-24-28(23)13-14-31-24)17-7-11-19(29-4)12-8-17/h5-15H,1-4H3. The fraction of sp³-hybridized carbons (Fsp3) is 0.200. The van der Waals surface area contributed by atoms with Gasteiger partial charge in [0.1, 0.15) is 17.1 Å². The third kappa shape index (κ3) is 3.53. The minimum absolute atomic E-state index is 0.112. The molecule has 0 aliphatic rings. The van der Waals surface area contributed by atoms with Crippen molar-refractivity contribution in [1.82, 2.24) is 14.5 Å². The summed E-state index contributed by atoms with van der Waals surface area (Å²) in [6, 6.07) is 18.4. The first-order valence-electron chi connectivity index (χ1n) is 10.1. The van der Waals surface area contributed by atoms with Crippen LogP contribution in [0.5, 0.6) is 5.75 Å². The van der Waals surface area contributed by atoms with E-state index < -0.39 is 0 Å². The Morgan fingerprint density at radius 1 is 0.968 bits per heavy atom. The van der Waals surface area contributed by atoms with E-state index in [1.54, 1.807) is 18.4 Å². The highest BCUT2D eigenvalue weighted by Crippen LogP contribution is 2.36. The van der Waals surface area contributed by atoms with E-state index in [9.17, 15) is 0 Å². The van der Waals surface area contributed by atoms with Crippen LogP contribution in [0.1, 0.15) is 26.3 Å². The van der Waals surface area contributed by atoms with Crippen LogP contribution in [0.2, 0.25) is 0 Å². The van der Waals surface area contributed by atoms with Gasteiger partial charge in [-0.25, -0.2) is 4.98 Å². The Balaban J connectivity index is 1.57. The van der Waals surface area contributed by atoms with Crippen LogP contribution in [0.4, 0.5) is 0 Å². The Kier molecular flexibility index (Phi) is 4.67. The molecule has 0 amide bonds. The number of hydrogen-bond acceptors (Lipinski definition) is 5. The first-order chi connectivity index (χ1) is 14.9. The van der Waals surface area contributed by atoms with Crippen LogP contribution in [0.3, 0.4) is 0 Å². The van der Waals surface area contributed by atoms with Gasteiger partial charge in [-0.15, -0.1) is 11.3 Å². The first kappa shape index (κ1) is 19.6. The summed E-state index contributed by atoms with van der Waals surface area (Å²) >= 11 is 1.60. The zero-order valence-electron chi connectivity index (χ0n) is 17.9. The molecule has 156 valence electrons. The van der Waals surface area contributed by atoms with Crippen molar-refractivity contribution in [1.29, 1.82) is 0 Å². The molecule has 0 fully saturated rings. The lowest BCUT2D eigenvalue weighted by molar-refractivity contribution is 0.415. The van der Waals surface area contributed by atoms with Gasteiger partial charge in [0, 0.05) is 28.8 Å². The molecule has 5 aromatic rings. The van der Waals surface area contributed by atoms with E-state index in [1.165, 1.54) is 5.56 Å². The highest BCUT2D eigenvalue weighted by Gasteiger charge is 2.21. The van der Waals surface area contributed by atoms with Crippen molar-refractivity contribution >= 4 is 16.3 Å². The van der Waals surface area contributed by atoms with Crippen molar-refractivity contribution in [3.63, 3.8) is 0 Å². The summed E-state index contributed by atoms with van der Waals surface area (Å²) in [7, 11) is 1.66. The number of fused-ring (bicyclic) bond motifs is 1. The maximum Gasteiger partial charge on any atom is 0.194 e. The van der Waals surface area contributed by atoms with Crippen molar-refractivity contribution < 1.29 is 9.26 Å². The molecule has 0 aliphatic carbocycles. The largest absolute Gasteiger partial charge is 0.497 e. The number of hydrogen-bond donors (Lipinski definition) is 0. The van der Waals surface area contributed by atoms with Gasteiger partial charge >= 0.3 is 0 Å². The number of thiazole rings is 1. The van der Waals surface area contributed by atoms with Gasteiger partial charge in [-0.2, -0.15) is 0 Å². The van der Waals surface area contributed by atoms with Crippen molar-refractivity contribution in [2.75, 3.05) is 7.11 Å². The molecule has 0 N–H and O–H groups in total. The quantitative estimate of drug-likeness (QED) is 0.319. The van der Waals surface area contributed by atoms with Crippen molar-refractivity contribution in [3.05, 3.63) is 71.7 Å². The van der Waals surface area contributed by atoms with Gasteiger partial charge in [-0.3, -0.25) is 4.40 Å². The lowest BCUT2D eigenvalue weighted by atomic mass is 9.86. The zero-order chi connectivity index (χ0) is 21.6. The van der Waals surface area contributed by atoms with Crippen molar-refractivity contribution in [2.24, 2.45) is 0 Å². The summed E-state index contributed by atoms with van der Waals surface area (Å²) < 4.78 is 13.1. The Bertz CT molecular complexity index is 1340. The molecule has 0 unspecified atom stereocenters. The minimum atomic E-state index is 0.112. The monoisotopic (exact) mass is 429 g/mol. The molecule has 6 heteroatoms. The second-order valence-electron chi connectivity index (χ2n) is 8.50. The fourth-order valence-electron chi connectivity index (χ4n) is 3.64. The Labute approximate surface area is 184 Å². The third-order valence-electron chi connectivity index (χ3n) is 5.41. The molecular weight excluding hydrogens is 406 g/mol. The average molecular weight is 430 g/mol. The molecule has 0 spiro atoms. The van der Waals surface area contributed by atoms with E-state index in [0.29, 0.717) is 0 Å². The SMILES string of the molecule is COc1ccc(-c2nc3sccn3c2-c2cc(-c3ccc(C(C)(C)C)cc3)on2)cc1. The van der Waals surface area contributed by atoms with Gasteiger partial charge in [0.05, 0.1) is 12.8 Å². The minimum Gasteiger partial charge on any atom is -0.497 e. The Morgan fingerprint density at radius 3 is 2.35 bits per heavy atom. The van der Waals surface area contributed by atoms with E-state index in [4.69, 9.17) is 14.2 Å². The number of rotatable bonds is 4. The molecule has 3 heterocycles. The second-order valence-corrected chi connectivity index (χ2v) is 9.37. The number of methoxy groups -OCH3 is 1. The van der Waals surface area contributed by atoms with Gasteiger partial charge in [0.2, 0.25) is 0 Å². The van der Waals surface area contributed by atoms with Gasteiger partial charge in [0.25, 0.3) is 0 Å². The summed E-state index contributed by atoms with van der Waals surface area (Å²) in [5.41, 5.74) is 5.95. The highest BCUT2D eigenvalue weighted by molar-refractivity contribution is 7.15. The second kappa shape index (κ2) is 7.39. The zero-order valence-corrected chi connectivity index (χ0v) is 18.7. The fourth-order valence-corrected chi connectivity index (χ4v) is 4.35. The maximum atomic E-state index is 5.75. The van der Waals surface area contributed by atoms with E-state index in [-0.39, 0.29) is 5.41 Å². The summed E-state index contributed by atoms with van der Waals surface area (Å²) in [6.07, 6.45) is 2.02. The lowest BCUT2D eigenvalue weighted by Crippen LogP contribution is -2.10. The van der Waals surface area contributed by atoms with Crippen LogP contribution < -0.4 is 4.74 Å². The van der Waals surface area contributed by atoms with Crippen LogP contribution in [-0.2, 0) is 5.41 Å². The van der Waals surface area contributed by atoms with Crippen molar-refractivity contribution in [2.45, 2.75) is 26.2 Å². The normalized spacial score (nSPS) is 11.9. The van der Waals surface area contributed by atoms with Crippen molar-refractivity contribution in [3.8, 4) is 39.7 Å². The molecule has 2 aromatic carbocycles. The number of nitrogens with zero attached hydrogens (tertiary/aromatic N) is 3. The number of aromatic nitrogens is 3. The van der Waals surface area contributed by atoms with Crippen LogP contribution in [-0.4, -0.2) is 21.7 Å². The summed E-state index contributed by atoms with van der Waals surface area (Å²) in [6.45, 7) is 6.63. The molecule has 5 rings (SSSR count). The van der Waals surface area contributed by atoms with E-state index >= 15 is 0 Å². The van der Waals surface area contributed by atoms with E-state index in [1.807, 2.05) is 41.9 Å². The van der Waals surface area contributed by atoms with Crippen LogP contribution in [0.25, 0.3) is 38.9 Å². The molecule has 0 aliphatic heterocycles. The van der Waals surface area contributed by atoms with Crippen LogP contribution >= 0.6 is 11.3 Å². The van der Waals surface area contributed by atoms with E-state index in [2.05, 4.69) is 54.6 Å². The van der Waals surface area contributed by atoms with Crippen LogP contribution in [0.15, 0.2) is 70.7 Å². The molecular formula is C25H23N3O2S. The molecule has 0 saturated carbocycles. The third-order valence-corrected chi connectivity index (χ3v) is 6.17. The molecule has 5 nitrogen and oxygen atoms in total. The molecule has 0 saturated heterocycles. The number of imidazole rings is 1. The topological polar surface area (TPSA) is 52.6 Å². The highest BCUT2D eigenvalue weighted by atomic mass is 32.1. The van der Waals surface area contributed by atoms with E-state index in [0.717, 1.165) is 44.7 Å². The Hall–Kier alpha value is -3.38. The lowest BCUT2D eigenvalue weighted by Gasteiger charge is -2.18. The number of benzene rings is 2. The summed E-state index contributed by atoms with van der Waals surface area (Å²) in [4.78, 5) is 5.77. The molecule has 0 bridgehead atoms.